The van der Waals surface area contributed by atoms with E-state index in [0.29, 0.717) is 0 Å². The minimum absolute atomic E-state index is 0.0473. The quantitative estimate of drug-likeness (QED) is 0.375. The molecule has 0 fully saturated rings. The summed E-state index contributed by atoms with van der Waals surface area (Å²) in [5.41, 5.74) is -0.0713. The predicted molar refractivity (Wildman–Crippen MR) is 73.8 cm³/mol. The lowest BCUT2D eigenvalue weighted by Crippen LogP contribution is -2.12. The Morgan fingerprint density at radius 1 is 1.24 bits per heavy atom. The summed E-state index contributed by atoms with van der Waals surface area (Å²) in [5.74, 6) is -1.17. The van der Waals surface area contributed by atoms with E-state index in [4.69, 9.17) is 16.3 Å². The van der Waals surface area contributed by atoms with Crippen molar-refractivity contribution in [3.8, 4) is 5.75 Å². The Morgan fingerprint density at radius 2 is 1.90 bits per heavy atom. The fraction of sp³-hybridized carbons (Fsp3) is 0.0714. The fourth-order valence-corrected chi connectivity index (χ4v) is 1.88. The van der Waals surface area contributed by atoms with Crippen molar-refractivity contribution in [2.45, 2.75) is 6.42 Å². The molecule has 0 aromatic heterocycles. The van der Waals surface area contributed by atoms with Gasteiger partial charge < -0.3 is 4.74 Å². The Bertz CT molecular complexity index is 668. The lowest BCUT2D eigenvalue weighted by molar-refractivity contribution is -0.384. The van der Waals surface area contributed by atoms with Crippen LogP contribution < -0.4 is 4.74 Å². The van der Waals surface area contributed by atoms with E-state index < -0.39 is 16.7 Å². The largest absolute Gasteiger partial charge is 0.426 e. The number of halogens is 2. The maximum absolute atomic E-state index is 13.5. The normalized spacial score (nSPS) is 10.2. The Balaban J connectivity index is 2.06. The van der Waals surface area contributed by atoms with E-state index in [1.807, 2.05) is 0 Å². The molecule has 2 aromatic rings. The number of ether oxygens (including phenoxy) is 1. The highest BCUT2D eigenvalue weighted by molar-refractivity contribution is 6.31. The standard InChI is InChI=1S/C14H9ClFNO4/c15-12-2-1-3-13(16)11(12)8-14(18)21-10-6-4-9(5-7-10)17(19)20/h1-7H,8H2. The second kappa shape index (κ2) is 6.32. The van der Waals surface area contributed by atoms with E-state index in [1.54, 1.807) is 0 Å². The summed E-state index contributed by atoms with van der Waals surface area (Å²) >= 11 is 5.81. The third-order valence-electron chi connectivity index (χ3n) is 2.66. The van der Waals surface area contributed by atoms with Crippen molar-refractivity contribution in [1.82, 2.24) is 0 Å². The zero-order valence-electron chi connectivity index (χ0n) is 10.6. The lowest BCUT2D eigenvalue weighted by Gasteiger charge is -2.06. The molecule has 0 amide bonds. The van der Waals surface area contributed by atoms with Crippen LogP contribution in [0.25, 0.3) is 0 Å². The summed E-state index contributed by atoms with van der Waals surface area (Å²) < 4.78 is 18.5. The molecule has 2 aromatic carbocycles. The van der Waals surface area contributed by atoms with Crippen molar-refractivity contribution < 1.29 is 18.8 Å². The summed E-state index contributed by atoms with van der Waals surface area (Å²) in [6, 6.07) is 9.09. The zero-order chi connectivity index (χ0) is 15.4. The molecule has 5 nitrogen and oxygen atoms in total. The van der Waals surface area contributed by atoms with E-state index in [1.165, 1.54) is 42.5 Å². The average molecular weight is 310 g/mol. The van der Waals surface area contributed by atoms with Gasteiger partial charge in [-0.15, -0.1) is 0 Å². The first-order valence-electron chi connectivity index (χ1n) is 5.85. The first kappa shape index (κ1) is 14.9. The molecule has 0 saturated heterocycles. The molecular weight excluding hydrogens is 301 g/mol. The summed E-state index contributed by atoms with van der Waals surface area (Å²) in [7, 11) is 0. The Hall–Kier alpha value is -2.47. The smallest absolute Gasteiger partial charge is 0.315 e. The maximum atomic E-state index is 13.5. The van der Waals surface area contributed by atoms with Gasteiger partial charge in [0.25, 0.3) is 5.69 Å². The van der Waals surface area contributed by atoms with Gasteiger partial charge in [0.05, 0.1) is 11.3 Å². The summed E-state index contributed by atoms with van der Waals surface area (Å²) in [4.78, 5) is 21.7. The van der Waals surface area contributed by atoms with Gasteiger partial charge in [-0.3, -0.25) is 14.9 Å². The molecule has 0 aliphatic rings. The summed E-state index contributed by atoms with van der Waals surface area (Å²) in [5, 5.41) is 10.6. The molecule has 7 heteroatoms. The van der Waals surface area contributed by atoms with Gasteiger partial charge >= 0.3 is 5.97 Å². The molecule has 0 unspecified atom stereocenters. The number of rotatable bonds is 4. The molecule has 0 N–H and O–H groups in total. The number of benzene rings is 2. The number of carbonyl (C=O) groups excluding carboxylic acids is 1. The molecule has 0 saturated carbocycles. The van der Waals surface area contributed by atoms with Crippen LogP contribution in [0.5, 0.6) is 5.75 Å². The minimum atomic E-state index is -0.712. The number of nitro groups is 1. The van der Waals surface area contributed by atoms with Crippen LogP contribution in [-0.4, -0.2) is 10.9 Å². The van der Waals surface area contributed by atoms with Crippen molar-refractivity contribution in [2.75, 3.05) is 0 Å². The van der Waals surface area contributed by atoms with Gasteiger partial charge in [0, 0.05) is 22.7 Å². The summed E-state index contributed by atoms with van der Waals surface area (Å²) in [6.07, 6.45) is -0.331. The summed E-state index contributed by atoms with van der Waals surface area (Å²) in [6.45, 7) is 0. The second-order valence-corrected chi connectivity index (χ2v) is 4.51. The van der Waals surface area contributed by atoms with Gasteiger partial charge in [0.2, 0.25) is 0 Å². The molecule has 0 aliphatic heterocycles. The monoisotopic (exact) mass is 309 g/mol. The molecule has 108 valence electrons. The second-order valence-electron chi connectivity index (χ2n) is 4.10. The number of nitrogens with zero attached hydrogens (tertiary/aromatic N) is 1. The van der Waals surface area contributed by atoms with Gasteiger partial charge in [-0.2, -0.15) is 0 Å². The van der Waals surface area contributed by atoms with Crippen molar-refractivity contribution >= 4 is 23.3 Å². The molecule has 0 radical (unpaired) electrons. The van der Waals surface area contributed by atoms with Crippen LogP contribution >= 0.6 is 11.6 Å². The third kappa shape index (κ3) is 3.76. The van der Waals surface area contributed by atoms with Crippen LogP contribution in [0.1, 0.15) is 5.56 Å². The topological polar surface area (TPSA) is 69.4 Å². The van der Waals surface area contributed by atoms with Gasteiger partial charge in [-0.1, -0.05) is 17.7 Å². The van der Waals surface area contributed by atoms with E-state index in [9.17, 15) is 19.3 Å². The minimum Gasteiger partial charge on any atom is -0.426 e. The fourth-order valence-electron chi connectivity index (χ4n) is 1.65. The number of esters is 1. The van der Waals surface area contributed by atoms with Crippen LogP contribution in [-0.2, 0) is 11.2 Å². The van der Waals surface area contributed by atoms with E-state index >= 15 is 0 Å². The number of hydrogen-bond donors (Lipinski definition) is 0. The molecule has 21 heavy (non-hydrogen) atoms. The van der Waals surface area contributed by atoms with Crippen LogP contribution in [0.2, 0.25) is 5.02 Å². The highest BCUT2D eigenvalue weighted by atomic mass is 35.5. The SMILES string of the molecule is O=C(Cc1c(F)cccc1Cl)Oc1ccc([N+](=O)[O-])cc1. The van der Waals surface area contributed by atoms with Crippen molar-refractivity contribution in [3.63, 3.8) is 0 Å². The molecule has 0 aliphatic carbocycles. The molecule has 0 bridgehead atoms. The zero-order valence-corrected chi connectivity index (χ0v) is 11.3. The van der Waals surface area contributed by atoms with E-state index in [-0.39, 0.29) is 28.4 Å². The van der Waals surface area contributed by atoms with Crippen LogP contribution in [0, 0.1) is 15.9 Å². The number of non-ortho nitro benzene ring substituents is 1. The highest BCUT2D eigenvalue weighted by Gasteiger charge is 2.14. The third-order valence-corrected chi connectivity index (χ3v) is 3.02. The Morgan fingerprint density at radius 3 is 2.48 bits per heavy atom. The van der Waals surface area contributed by atoms with Crippen LogP contribution in [0.4, 0.5) is 10.1 Å². The molecule has 0 spiro atoms. The maximum Gasteiger partial charge on any atom is 0.315 e. The molecule has 2 rings (SSSR count). The van der Waals surface area contributed by atoms with Crippen LogP contribution in [0.3, 0.4) is 0 Å². The predicted octanol–water partition coefficient (Wildman–Crippen LogP) is 3.54. The van der Waals surface area contributed by atoms with E-state index in [0.717, 1.165) is 0 Å². The lowest BCUT2D eigenvalue weighted by atomic mass is 10.1. The number of carbonyl (C=O) groups is 1. The molecule has 0 heterocycles. The van der Waals surface area contributed by atoms with Gasteiger partial charge in [0.15, 0.2) is 0 Å². The Labute approximate surface area is 124 Å². The number of nitro benzene ring substituents is 1. The van der Waals surface area contributed by atoms with Crippen molar-refractivity contribution in [1.29, 1.82) is 0 Å². The van der Waals surface area contributed by atoms with Gasteiger partial charge in [-0.05, 0) is 24.3 Å². The first-order chi connectivity index (χ1) is 9.97. The van der Waals surface area contributed by atoms with Gasteiger partial charge in [0.1, 0.15) is 11.6 Å². The van der Waals surface area contributed by atoms with Crippen molar-refractivity contribution in [2.24, 2.45) is 0 Å². The molecular formula is C14H9ClFNO4. The highest BCUT2D eigenvalue weighted by Crippen LogP contribution is 2.21. The number of hydrogen-bond acceptors (Lipinski definition) is 4. The Kier molecular flexibility index (Phi) is 4.49. The first-order valence-corrected chi connectivity index (χ1v) is 6.23. The molecule has 0 atom stereocenters. The van der Waals surface area contributed by atoms with Gasteiger partial charge in [-0.25, -0.2) is 4.39 Å². The van der Waals surface area contributed by atoms with Crippen molar-refractivity contribution in [3.05, 3.63) is 69.0 Å². The average Bonchev–Trinajstić information content (AvgIpc) is 2.43. The van der Waals surface area contributed by atoms with Crippen LogP contribution in [0.15, 0.2) is 42.5 Å². The van der Waals surface area contributed by atoms with E-state index in [2.05, 4.69) is 0 Å².